The van der Waals surface area contributed by atoms with Gasteiger partial charge in [-0.15, -0.1) is 0 Å². The van der Waals surface area contributed by atoms with E-state index < -0.39 is 0 Å². The summed E-state index contributed by atoms with van der Waals surface area (Å²) in [4.78, 5) is 9.21. The lowest BCUT2D eigenvalue weighted by Crippen LogP contribution is -2.23. The summed E-state index contributed by atoms with van der Waals surface area (Å²) >= 11 is 0. The number of ether oxygens (including phenoxy) is 1. The van der Waals surface area contributed by atoms with Crippen LogP contribution in [0.5, 0.6) is 5.75 Å². The van der Waals surface area contributed by atoms with Gasteiger partial charge in [-0.3, -0.25) is 0 Å². The van der Waals surface area contributed by atoms with Crippen molar-refractivity contribution in [3.8, 4) is 17.1 Å². The summed E-state index contributed by atoms with van der Waals surface area (Å²) in [6, 6.07) is 7.85. The second-order valence-corrected chi connectivity index (χ2v) is 5.24. The average Bonchev–Trinajstić information content (AvgIpc) is 2.54. The normalized spacial score (nSPS) is 17.6. The molecule has 0 saturated heterocycles. The number of nitrogens with zero attached hydrogens (tertiary/aromatic N) is 2. The molecule has 0 aliphatic heterocycles. The molecule has 1 unspecified atom stereocenters. The Bertz CT molecular complexity index is 595. The van der Waals surface area contributed by atoms with Crippen LogP contribution in [-0.4, -0.2) is 23.6 Å². The predicted octanol–water partition coefficient (Wildman–Crippen LogP) is 2.22. The van der Waals surface area contributed by atoms with Crippen LogP contribution in [0.1, 0.15) is 17.7 Å². The molecule has 1 aromatic heterocycles. The number of fused-ring (bicyclic) bond motifs is 1. The van der Waals surface area contributed by atoms with Gasteiger partial charge >= 0.3 is 0 Å². The van der Waals surface area contributed by atoms with Crippen molar-refractivity contribution >= 4 is 0 Å². The lowest BCUT2D eigenvalue weighted by Gasteiger charge is -2.22. The predicted molar refractivity (Wildman–Crippen MR) is 78.6 cm³/mol. The molecule has 1 aliphatic rings. The van der Waals surface area contributed by atoms with E-state index >= 15 is 0 Å². The fraction of sp³-hybridized carbons (Fsp3) is 0.375. The Morgan fingerprint density at radius 3 is 2.80 bits per heavy atom. The molecule has 0 fully saturated rings. The summed E-state index contributed by atoms with van der Waals surface area (Å²) in [6.45, 7) is 0.750. The van der Waals surface area contributed by atoms with Gasteiger partial charge in [0.15, 0.2) is 5.82 Å². The van der Waals surface area contributed by atoms with Crippen LogP contribution in [-0.2, 0) is 12.8 Å². The Labute approximate surface area is 119 Å². The third-order valence-electron chi connectivity index (χ3n) is 3.93. The number of hydrogen-bond acceptors (Lipinski definition) is 4. The molecule has 104 valence electrons. The van der Waals surface area contributed by atoms with Gasteiger partial charge in [-0.1, -0.05) is 0 Å². The first-order chi connectivity index (χ1) is 9.80. The number of aryl methyl sites for hydroxylation is 1. The van der Waals surface area contributed by atoms with Crippen LogP contribution < -0.4 is 10.5 Å². The van der Waals surface area contributed by atoms with E-state index in [0.717, 1.165) is 42.9 Å². The van der Waals surface area contributed by atoms with Crippen molar-refractivity contribution in [3.05, 3.63) is 41.7 Å². The molecule has 1 atom stereocenters. The van der Waals surface area contributed by atoms with Gasteiger partial charge in [0.05, 0.1) is 7.11 Å². The number of aromatic nitrogens is 2. The summed E-state index contributed by atoms with van der Waals surface area (Å²) in [5.41, 5.74) is 9.21. The van der Waals surface area contributed by atoms with Gasteiger partial charge in [0.1, 0.15) is 5.75 Å². The highest BCUT2D eigenvalue weighted by molar-refractivity contribution is 5.56. The van der Waals surface area contributed by atoms with Crippen LogP contribution in [0.15, 0.2) is 30.5 Å². The van der Waals surface area contributed by atoms with E-state index in [4.69, 9.17) is 15.5 Å². The molecule has 1 aliphatic carbocycles. The first-order valence-corrected chi connectivity index (χ1v) is 6.99. The monoisotopic (exact) mass is 269 g/mol. The number of hydrogen-bond donors (Lipinski definition) is 1. The minimum absolute atomic E-state index is 0.581. The van der Waals surface area contributed by atoms with E-state index in [1.54, 1.807) is 7.11 Å². The highest BCUT2D eigenvalue weighted by Crippen LogP contribution is 2.26. The van der Waals surface area contributed by atoms with Crippen LogP contribution in [0, 0.1) is 5.92 Å². The smallest absolute Gasteiger partial charge is 0.159 e. The van der Waals surface area contributed by atoms with Gasteiger partial charge in [0.25, 0.3) is 0 Å². The molecule has 0 bridgehead atoms. The number of rotatable bonds is 3. The molecular weight excluding hydrogens is 250 g/mol. The zero-order chi connectivity index (χ0) is 13.9. The van der Waals surface area contributed by atoms with Crippen LogP contribution in [0.25, 0.3) is 11.4 Å². The lowest BCUT2D eigenvalue weighted by atomic mass is 9.87. The third kappa shape index (κ3) is 2.51. The zero-order valence-corrected chi connectivity index (χ0v) is 11.7. The standard InChI is InChI=1S/C16H19N3O/c1-20-14-5-3-12(4-6-14)16-18-10-13-8-11(9-17)2-7-15(13)19-16/h3-6,10-11H,2,7-9,17H2,1H3. The molecule has 3 rings (SSSR count). The molecule has 0 amide bonds. The molecular formula is C16H19N3O. The lowest BCUT2D eigenvalue weighted by molar-refractivity contribution is 0.415. The largest absolute Gasteiger partial charge is 0.497 e. The summed E-state index contributed by atoms with van der Waals surface area (Å²) in [5.74, 6) is 2.22. The fourth-order valence-electron chi connectivity index (χ4n) is 2.66. The molecule has 1 heterocycles. The Kier molecular flexibility index (Phi) is 3.65. The zero-order valence-electron chi connectivity index (χ0n) is 11.7. The van der Waals surface area contributed by atoms with E-state index in [9.17, 15) is 0 Å². The molecule has 2 aromatic rings. The van der Waals surface area contributed by atoms with Crippen molar-refractivity contribution in [2.24, 2.45) is 11.7 Å². The van der Waals surface area contributed by atoms with E-state index in [1.807, 2.05) is 30.5 Å². The summed E-state index contributed by atoms with van der Waals surface area (Å²) in [7, 11) is 1.66. The van der Waals surface area contributed by atoms with Crippen molar-refractivity contribution < 1.29 is 4.74 Å². The number of benzene rings is 1. The van der Waals surface area contributed by atoms with Gasteiger partial charge < -0.3 is 10.5 Å². The van der Waals surface area contributed by atoms with Crippen molar-refractivity contribution in [2.75, 3.05) is 13.7 Å². The highest BCUT2D eigenvalue weighted by atomic mass is 16.5. The molecule has 0 spiro atoms. The SMILES string of the molecule is COc1ccc(-c2ncc3c(n2)CCC(CN)C3)cc1. The minimum atomic E-state index is 0.581. The van der Waals surface area contributed by atoms with Gasteiger partial charge in [-0.2, -0.15) is 0 Å². The van der Waals surface area contributed by atoms with Crippen molar-refractivity contribution in [2.45, 2.75) is 19.3 Å². The minimum Gasteiger partial charge on any atom is -0.497 e. The molecule has 0 saturated carbocycles. The third-order valence-corrected chi connectivity index (χ3v) is 3.93. The van der Waals surface area contributed by atoms with Crippen LogP contribution in [0.3, 0.4) is 0 Å². The van der Waals surface area contributed by atoms with Crippen molar-refractivity contribution in [1.82, 2.24) is 9.97 Å². The van der Waals surface area contributed by atoms with Crippen LogP contribution >= 0.6 is 0 Å². The maximum Gasteiger partial charge on any atom is 0.159 e. The number of methoxy groups -OCH3 is 1. The maximum atomic E-state index is 5.76. The van der Waals surface area contributed by atoms with E-state index in [0.29, 0.717) is 5.92 Å². The molecule has 20 heavy (non-hydrogen) atoms. The van der Waals surface area contributed by atoms with E-state index in [-0.39, 0.29) is 0 Å². The summed E-state index contributed by atoms with van der Waals surface area (Å²) in [5, 5.41) is 0. The quantitative estimate of drug-likeness (QED) is 0.928. The van der Waals surface area contributed by atoms with E-state index in [2.05, 4.69) is 4.98 Å². The molecule has 0 radical (unpaired) electrons. The summed E-state index contributed by atoms with van der Waals surface area (Å²) in [6.07, 6.45) is 5.10. The average molecular weight is 269 g/mol. The van der Waals surface area contributed by atoms with E-state index in [1.165, 1.54) is 11.3 Å². The molecule has 2 N–H and O–H groups in total. The highest BCUT2D eigenvalue weighted by Gasteiger charge is 2.19. The Hall–Kier alpha value is -1.94. The maximum absolute atomic E-state index is 5.76. The van der Waals surface area contributed by atoms with Gasteiger partial charge in [0, 0.05) is 17.5 Å². The first-order valence-electron chi connectivity index (χ1n) is 6.99. The van der Waals surface area contributed by atoms with Gasteiger partial charge in [0.2, 0.25) is 0 Å². The second kappa shape index (κ2) is 5.59. The molecule has 1 aromatic carbocycles. The van der Waals surface area contributed by atoms with Crippen molar-refractivity contribution in [3.63, 3.8) is 0 Å². The Balaban J connectivity index is 1.88. The second-order valence-electron chi connectivity index (χ2n) is 5.24. The number of nitrogens with two attached hydrogens (primary N) is 1. The van der Waals surface area contributed by atoms with Gasteiger partial charge in [-0.25, -0.2) is 9.97 Å². The van der Waals surface area contributed by atoms with Crippen LogP contribution in [0.4, 0.5) is 0 Å². The first kappa shape index (κ1) is 13.1. The van der Waals surface area contributed by atoms with Crippen molar-refractivity contribution in [1.29, 1.82) is 0 Å². The fourth-order valence-corrected chi connectivity index (χ4v) is 2.66. The molecule has 4 nitrogen and oxygen atoms in total. The van der Waals surface area contributed by atoms with Crippen LogP contribution in [0.2, 0.25) is 0 Å². The Morgan fingerprint density at radius 2 is 2.10 bits per heavy atom. The summed E-state index contributed by atoms with van der Waals surface area (Å²) < 4.78 is 5.17. The molecule has 4 heteroatoms. The van der Waals surface area contributed by atoms with Gasteiger partial charge in [-0.05, 0) is 61.6 Å². The topological polar surface area (TPSA) is 61.0 Å². The Morgan fingerprint density at radius 1 is 1.30 bits per heavy atom.